The van der Waals surface area contributed by atoms with Crippen molar-refractivity contribution in [3.63, 3.8) is 0 Å². The minimum atomic E-state index is -0.366. The normalized spacial score (nSPS) is 17.1. The number of morpholine rings is 1. The second kappa shape index (κ2) is 9.84. The number of amides is 2. The quantitative estimate of drug-likeness (QED) is 0.635. The van der Waals surface area contributed by atoms with E-state index < -0.39 is 0 Å². The number of carbonyl (C=O) groups excluding carboxylic acids is 2. The van der Waals surface area contributed by atoms with E-state index in [-0.39, 0.29) is 17.5 Å². The van der Waals surface area contributed by atoms with Crippen molar-refractivity contribution in [2.45, 2.75) is 0 Å². The monoisotopic (exact) mass is 437 g/mol. The highest BCUT2D eigenvalue weighted by molar-refractivity contribution is 6.37. The van der Waals surface area contributed by atoms with E-state index in [1.807, 2.05) is 24.3 Å². The third-order valence-corrected chi connectivity index (χ3v) is 5.65. The zero-order chi connectivity index (χ0) is 22.5. The van der Waals surface area contributed by atoms with Gasteiger partial charge in [0.25, 0.3) is 11.8 Å². The number of rotatable bonds is 8. The predicted octanol–water partition coefficient (Wildman–Crippen LogP) is 2.23. The minimum absolute atomic E-state index is 0.214. The summed E-state index contributed by atoms with van der Waals surface area (Å²) >= 11 is 0. The van der Waals surface area contributed by atoms with Crippen LogP contribution in [0.5, 0.6) is 11.5 Å². The fraction of sp³-hybridized carbons (Fsp3) is 0.333. The van der Waals surface area contributed by atoms with Crippen LogP contribution in [0.4, 0.5) is 5.69 Å². The van der Waals surface area contributed by atoms with Crippen LogP contribution < -0.4 is 14.8 Å². The van der Waals surface area contributed by atoms with Crippen LogP contribution in [0.1, 0.15) is 5.56 Å². The number of methoxy groups -OCH3 is 2. The molecule has 4 rings (SSSR count). The second-order valence-corrected chi connectivity index (χ2v) is 7.49. The number of carbonyl (C=O) groups is 2. The molecule has 2 aliphatic heterocycles. The molecule has 0 saturated carbocycles. The number of imide groups is 1. The molecule has 0 unspecified atom stereocenters. The van der Waals surface area contributed by atoms with E-state index in [1.54, 1.807) is 38.5 Å². The van der Waals surface area contributed by atoms with Crippen molar-refractivity contribution in [2.24, 2.45) is 0 Å². The summed E-state index contributed by atoms with van der Waals surface area (Å²) in [6.45, 7) is 3.79. The van der Waals surface area contributed by atoms with Gasteiger partial charge in [-0.3, -0.25) is 19.4 Å². The summed E-state index contributed by atoms with van der Waals surface area (Å²) in [5.41, 5.74) is 1.68. The summed E-state index contributed by atoms with van der Waals surface area (Å²) in [4.78, 5) is 30.4. The first-order valence-electron chi connectivity index (χ1n) is 10.6. The van der Waals surface area contributed by atoms with Crippen LogP contribution in [0, 0.1) is 0 Å². The van der Waals surface area contributed by atoms with E-state index in [0.717, 1.165) is 13.1 Å². The Kier molecular flexibility index (Phi) is 6.72. The molecule has 2 amide bonds. The predicted molar refractivity (Wildman–Crippen MR) is 121 cm³/mol. The summed E-state index contributed by atoms with van der Waals surface area (Å²) in [6.07, 6.45) is 0. The van der Waals surface area contributed by atoms with Gasteiger partial charge in [-0.2, -0.15) is 0 Å². The van der Waals surface area contributed by atoms with Gasteiger partial charge in [0, 0.05) is 31.7 Å². The lowest BCUT2D eigenvalue weighted by Gasteiger charge is -2.28. The number of benzene rings is 2. The molecule has 0 radical (unpaired) electrons. The van der Waals surface area contributed by atoms with Gasteiger partial charge in [0.15, 0.2) is 0 Å². The largest absolute Gasteiger partial charge is 0.496 e. The maximum atomic E-state index is 13.5. The van der Waals surface area contributed by atoms with Crippen LogP contribution in [0.25, 0.3) is 5.57 Å². The van der Waals surface area contributed by atoms with Gasteiger partial charge in [0.1, 0.15) is 17.2 Å². The molecule has 0 aromatic heterocycles. The molecule has 2 heterocycles. The lowest BCUT2D eigenvalue weighted by molar-refractivity contribution is -0.137. The van der Waals surface area contributed by atoms with E-state index in [1.165, 1.54) is 4.90 Å². The molecule has 1 fully saturated rings. The minimum Gasteiger partial charge on any atom is -0.496 e. The Hall–Kier alpha value is -3.36. The average Bonchev–Trinajstić information content (AvgIpc) is 3.07. The van der Waals surface area contributed by atoms with Crippen LogP contribution in [0.3, 0.4) is 0 Å². The molecule has 1 N–H and O–H groups in total. The van der Waals surface area contributed by atoms with Crippen molar-refractivity contribution in [1.82, 2.24) is 9.80 Å². The number of para-hydroxylation sites is 3. The van der Waals surface area contributed by atoms with E-state index in [0.29, 0.717) is 54.6 Å². The fourth-order valence-electron chi connectivity index (χ4n) is 3.94. The average molecular weight is 437 g/mol. The number of anilines is 1. The zero-order valence-electron chi connectivity index (χ0n) is 18.3. The van der Waals surface area contributed by atoms with E-state index in [4.69, 9.17) is 14.2 Å². The highest BCUT2D eigenvalue weighted by Crippen LogP contribution is 2.36. The molecule has 8 nitrogen and oxygen atoms in total. The third-order valence-electron chi connectivity index (χ3n) is 5.65. The highest BCUT2D eigenvalue weighted by Gasteiger charge is 2.40. The smallest absolute Gasteiger partial charge is 0.278 e. The van der Waals surface area contributed by atoms with Gasteiger partial charge in [0.2, 0.25) is 0 Å². The topological polar surface area (TPSA) is 80.3 Å². The summed E-state index contributed by atoms with van der Waals surface area (Å²) in [6, 6.07) is 14.5. The highest BCUT2D eigenvalue weighted by atomic mass is 16.5. The first-order valence-corrected chi connectivity index (χ1v) is 10.6. The fourth-order valence-corrected chi connectivity index (χ4v) is 3.94. The van der Waals surface area contributed by atoms with E-state index in [2.05, 4.69) is 10.2 Å². The van der Waals surface area contributed by atoms with Gasteiger partial charge in [-0.05, 0) is 18.2 Å². The summed E-state index contributed by atoms with van der Waals surface area (Å²) in [7, 11) is 3.11. The summed E-state index contributed by atoms with van der Waals surface area (Å²) in [5, 5.41) is 3.16. The standard InChI is InChI=1S/C24H27N3O5/c1-30-19-9-5-3-7-17(19)21-22(25-18-8-4-6-10-20(18)31-2)24(29)27(23(21)28)12-11-26-13-15-32-16-14-26/h3-10,25H,11-16H2,1-2H3. The van der Waals surface area contributed by atoms with Gasteiger partial charge in [-0.25, -0.2) is 0 Å². The Morgan fingerprint density at radius 2 is 1.53 bits per heavy atom. The molecule has 32 heavy (non-hydrogen) atoms. The van der Waals surface area contributed by atoms with Crippen molar-refractivity contribution in [3.05, 3.63) is 59.8 Å². The van der Waals surface area contributed by atoms with Crippen molar-refractivity contribution < 1.29 is 23.8 Å². The number of ether oxygens (including phenoxy) is 3. The van der Waals surface area contributed by atoms with Gasteiger partial charge >= 0.3 is 0 Å². The van der Waals surface area contributed by atoms with Gasteiger partial charge in [0.05, 0.1) is 38.7 Å². The summed E-state index contributed by atoms with van der Waals surface area (Å²) in [5.74, 6) is 0.393. The molecule has 2 aliphatic rings. The first-order chi connectivity index (χ1) is 15.6. The van der Waals surface area contributed by atoms with Crippen molar-refractivity contribution in [1.29, 1.82) is 0 Å². The summed E-state index contributed by atoms with van der Waals surface area (Å²) < 4.78 is 16.3. The van der Waals surface area contributed by atoms with Gasteiger partial charge < -0.3 is 19.5 Å². The maximum Gasteiger partial charge on any atom is 0.278 e. The molecular formula is C24H27N3O5. The van der Waals surface area contributed by atoms with Crippen LogP contribution >= 0.6 is 0 Å². The maximum absolute atomic E-state index is 13.5. The Balaban J connectivity index is 1.69. The number of nitrogens with zero attached hydrogens (tertiary/aromatic N) is 2. The van der Waals surface area contributed by atoms with Crippen LogP contribution in [-0.2, 0) is 14.3 Å². The van der Waals surface area contributed by atoms with Crippen LogP contribution in [0.2, 0.25) is 0 Å². The van der Waals surface area contributed by atoms with Crippen molar-refractivity contribution >= 4 is 23.1 Å². The first kappa shape index (κ1) is 21.9. The second-order valence-electron chi connectivity index (χ2n) is 7.49. The Morgan fingerprint density at radius 3 is 2.25 bits per heavy atom. The van der Waals surface area contributed by atoms with E-state index in [9.17, 15) is 9.59 Å². The lowest BCUT2D eigenvalue weighted by Crippen LogP contribution is -2.43. The molecule has 0 atom stereocenters. The van der Waals surface area contributed by atoms with E-state index >= 15 is 0 Å². The Labute approximate surface area is 187 Å². The molecule has 2 aromatic carbocycles. The Bertz CT molecular complexity index is 1030. The molecule has 0 bridgehead atoms. The van der Waals surface area contributed by atoms with Gasteiger partial charge in [-0.15, -0.1) is 0 Å². The number of hydrogen-bond acceptors (Lipinski definition) is 7. The van der Waals surface area contributed by atoms with Crippen molar-refractivity contribution in [2.75, 3.05) is 58.9 Å². The lowest BCUT2D eigenvalue weighted by atomic mass is 10.0. The number of nitrogens with one attached hydrogen (secondary N) is 1. The molecule has 8 heteroatoms. The molecule has 0 aliphatic carbocycles. The Morgan fingerprint density at radius 1 is 0.875 bits per heavy atom. The molecule has 0 spiro atoms. The van der Waals surface area contributed by atoms with Gasteiger partial charge in [-0.1, -0.05) is 30.3 Å². The number of hydrogen-bond donors (Lipinski definition) is 1. The molecule has 2 aromatic rings. The zero-order valence-corrected chi connectivity index (χ0v) is 18.3. The molecule has 1 saturated heterocycles. The van der Waals surface area contributed by atoms with Crippen molar-refractivity contribution in [3.8, 4) is 11.5 Å². The molecular weight excluding hydrogens is 410 g/mol. The SMILES string of the molecule is COc1ccccc1NC1=C(c2ccccc2OC)C(=O)N(CCN2CCOCC2)C1=O. The molecule has 168 valence electrons. The third kappa shape index (κ3) is 4.32. The van der Waals surface area contributed by atoms with Crippen LogP contribution in [0.15, 0.2) is 54.2 Å². The van der Waals surface area contributed by atoms with Crippen LogP contribution in [-0.4, -0.2) is 75.2 Å².